The normalized spacial score (nSPS) is 19.1. The van der Waals surface area contributed by atoms with Crippen LogP contribution in [0.2, 0.25) is 0 Å². The van der Waals surface area contributed by atoms with Gasteiger partial charge in [0.2, 0.25) is 5.91 Å². The minimum Gasteiger partial charge on any atom is -0.375 e. The number of aryl methyl sites for hydroxylation is 1. The van der Waals surface area contributed by atoms with E-state index in [9.17, 15) is 4.79 Å². The van der Waals surface area contributed by atoms with Crippen LogP contribution in [0.3, 0.4) is 0 Å². The highest BCUT2D eigenvalue weighted by Crippen LogP contribution is 2.42. The van der Waals surface area contributed by atoms with Gasteiger partial charge in [0.05, 0.1) is 24.1 Å². The number of hydrogen-bond donors (Lipinski definition) is 1. The largest absolute Gasteiger partial charge is 0.375 e. The van der Waals surface area contributed by atoms with Crippen molar-refractivity contribution >= 4 is 5.91 Å². The Hall–Kier alpha value is -2.19. The van der Waals surface area contributed by atoms with E-state index in [1.807, 2.05) is 11.1 Å². The molecule has 1 saturated heterocycles. The molecule has 8 heteroatoms. The van der Waals surface area contributed by atoms with Gasteiger partial charge >= 0.3 is 0 Å². The Morgan fingerprint density at radius 1 is 1.29 bits per heavy atom. The van der Waals surface area contributed by atoms with Gasteiger partial charge in [0.25, 0.3) is 0 Å². The first-order chi connectivity index (χ1) is 13.7. The van der Waals surface area contributed by atoms with Crippen molar-refractivity contribution in [2.24, 2.45) is 0 Å². The maximum atomic E-state index is 12.8. The van der Waals surface area contributed by atoms with Gasteiger partial charge in [0.15, 0.2) is 0 Å². The summed E-state index contributed by atoms with van der Waals surface area (Å²) in [6.45, 7) is 6.72. The summed E-state index contributed by atoms with van der Waals surface area (Å²) >= 11 is 0. The Bertz CT molecular complexity index is 805. The molecule has 0 saturated carbocycles. The summed E-state index contributed by atoms with van der Waals surface area (Å²) in [7, 11) is 1.58. The maximum Gasteiger partial charge on any atom is 0.249 e. The van der Waals surface area contributed by atoms with Gasteiger partial charge in [-0.2, -0.15) is 0 Å². The van der Waals surface area contributed by atoms with E-state index in [1.165, 1.54) is 5.69 Å². The number of fused-ring (bicyclic) bond motifs is 2. The molecule has 0 radical (unpaired) electrons. The lowest BCUT2D eigenvalue weighted by atomic mass is 9.78. The van der Waals surface area contributed by atoms with Crippen LogP contribution >= 0.6 is 0 Å². The number of nitrogens with one attached hydrogen (secondary N) is 1. The van der Waals surface area contributed by atoms with E-state index in [0.29, 0.717) is 0 Å². The van der Waals surface area contributed by atoms with Crippen molar-refractivity contribution < 1.29 is 9.53 Å². The van der Waals surface area contributed by atoms with Crippen molar-refractivity contribution in [3.8, 4) is 0 Å². The van der Waals surface area contributed by atoms with Gasteiger partial charge in [-0.05, 0) is 19.3 Å². The van der Waals surface area contributed by atoms with Crippen LogP contribution in [0, 0.1) is 0 Å². The number of piperidine rings is 1. The van der Waals surface area contributed by atoms with Crippen molar-refractivity contribution in [2.75, 3.05) is 33.4 Å². The fourth-order valence-corrected chi connectivity index (χ4v) is 4.77. The van der Waals surface area contributed by atoms with Gasteiger partial charge in [-0.1, -0.05) is 6.92 Å². The fourth-order valence-electron chi connectivity index (χ4n) is 4.77. The zero-order valence-corrected chi connectivity index (χ0v) is 16.9. The summed E-state index contributed by atoms with van der Waals surface area (Å²) in [4.78, 5) is 29.7. The van der Waals surface area contributed by atoms with E-state index < -0.39 is 0 Å². The Balaban J connectivity index is 1.52. The molecule has 4 rings (SSSR count). The van der Waals surface area contributed by atoms with Crippen LogP contribution in [0.5, 0.6) is 0 Å². The smallest absolute Gasteiger partial charge is 0.249 e. The Morgan fingerprint density at radius 3 is 2.86 bits per heavy atom. The number of ether oxygens (including phenoxy) is 1. The number of amides is 1. The van der Waals surface area contributed by atoms with E-state index in [1.54, 1.807) is 13.4 Å². The van der Waals surface area contributed by atoms with Crippen LogP contribution in [0.1, 0.15) is 43.4 Å². The lowest BCUT2D eigenvalue weighted by molar-refractivity contribution is -0.146. The highest BCUT2D eigenvalue weighted by Gasteiger charge is 2.48. The number of likely N-dealkylation sites (tertiary alicyclic amines) is 1. The molecule has 152 valence electrons. The summed E-state index contributed by atoms with van der Waals surface area (Å²) < 4.78 is 7.39. The Morgan fingerprint density at radius 2 is 2.11 bits per heavy atom. The quantitative estimate of drug-likeness (QED) is 0.815. The number of hydrogen-bond acceptors (Lipinski definition) is 5. The van der Waals surface area contributed by atoms with Crippen LogP contribution in [0.25, 0.3) is 0 Å². The van der Waals surface area contributed by atoms with Crippen LogP contribution in [0.4, 0.5) is 0 Å². The number of rotatable bonds is 6. The van der Waals surface area contributed by atoms with Gasteiger partial charge in [0, 0.05) is 57.8 Å². The molecule has 0 aromatic carbocycles. The van der Waals surface area contributed by atoms with E-state index in [4.69, 9.17) is 4.74 Å². The highest BCUT2D eigenvalue weighted by atomic mass is 16.5. The molecule has 1 amide bonds. The monoisotopic (exact) mass is 386 g/mol. The lowest BCUT2D eigenvalue weighted by Gasteiger charge is -2.50. The molecule has 28 heavy (non-hydrogen) atoms. The van der Waals surface area contributed by atoms with Crippen molar-refractivity contribution in [1.29, 1.82) is 0 Å². The topological polar surface area (TPSA) is 79.3 Å². The summed E-state index contributed by atoms with van der Waals surface area (Å²) in [5, 5.41) is 0. The van der Waals surface area contributed by atoms with E-state index in [0.717, 1.165) is 69.9 Å². The highest BCUT2D eigenvalue weighted by molar-refractivity contribution is 5.79. The lowest BCUT2D eigenvalue weighted by Crippen LogP contribution is -2.59. The van der Waals surface area contributed by atoms with Crippen LogP contribution in [-0.2, 0) is 34.6 Å². The molecule has 2 aliphatic rings. The van der Waals surface area contributed by atoms with Crippen molar-refractivity contribution in [3.05, 3.63) is 35.9 Å². The second-order valence-electron chi connectivity index (χ2n) is 7.80. The van der Waals surface area contributed by atoms with Crippen LogP contribution in [0.15, 0.2) is 18.7 Å². The number of carbonyl (C=O) groups excluding carboxylic acids is 1. The minimum atomic E-state index is -0.321. The Labute approximate surface area is 165 Å². The average Bonchev–Trinajstić information content (AvgIpc) is 3.35. The average molecular weight is 387 g/mol. The van der Waals surface area contributed by atoms with Gasteiger partial charge in [0.1, 0.15) is 12.4 Å². The molecule has 1 N–H and O–H groups in total. The number of carbonyl (C=O) groups is 1. The standard InChI is InChI=1S/C20H30N6O2/c1-3-8-25-12-7-21-17(25)13-24-10-5-20(6-11-24)19-16(22-15-23-19)4-9-26(20)18(27)14-28-2/h7,12,15H,3-6,8-11,13-14H2,1-2H3,(H,22,23). The van der Waals surface area contributed by atoms with Gasteiger partial charge < -0.3 is 19.2 Å². The zero-order valence-electron chi connectivity index (χ0n) is 16.9. The SMILES string of the molecule is CCCn1ccnc1CN1CCC2(CC1)c1nc[nH]c1CCN2C(=O)COC. The van der Waals surface area contributed by atoms with Crippen molar-refractivity contribution in [3.63, 3.8) is 0 Å². The third kappa shape index (κ3) is 3.35. The predicted octanol–water partition coefficient (Wildman–Crippen LogP) is 1.54. The molecule has 4 heterocycles. The first-order valence-electron chi connectivity index (χ1n) is 10.2. The third-order valence-electron chi connectivity index (χ3n) is 6.14. The fraction of sp³-hybridized carbons (Fsp3) is 0.650. The molecule has 8 nitrogen and oxygen atoms in total. The van der Waals surface area contributed by atoms with Crippen molar-refractivity contribution in [2.45, 2.75) is 51.2 Å². The molecule has 2 aliphatic heterocycles. The van der Waals surface area contributed by atoms with E-state index in [-0.39, 0.29) is 18.1 Å². The van der Waals surface area contributed by atoms with E-state index in [2.05, 4.69) is 37.5 Å². The number of H-pyrrole nitrogens is 1. The second kappa shape index (κ2) is 8.05. The molecule has 1 fully saturated rings. The Kier molecular flexibility index (Phi) is 5.50. The molecule has 0 atom stereocenters. The van der Waals surface area contributed by atoms with Gasteiger partial charge in [-0.3, -0.25) is 9.69 Å². The number of aromatic amines is 1. The first-order valence-corrected chi connectivity index (χ1v) is 10.2. The maximum absolute atomic E-state index is 12.8. The van der Waals surface area contributed by atoms with E-state index >= 15 is 0 Å². The first kappa shape index (κ1) is 19.1. The van der Waals surface area contributed by atoms with Gasteiger partial charge in [-0.15, -0.1) is 0 Å². The molecule has 0 aliphatic carbocycles. The summed E-state index contributed by atoms with van der Waals surface area (Å²) in [5.41, 5.74) is 1.90. The zero-order chi connectivity index (χ0) is 19.6. The van der Waals surface area contributed by atoms with Crippen molar-refractivity contribution in [1.82, 2.24) is 29.3 Å². The second-order valence-corrected chi connectivity index (χ2v) is 7.80. The minimum absolute atomic E-state index is 0.0584. The van der Waals surface area contributed by atoms with Crippen LogP contribution in [-0.4, -0.2) is 68.6 Å². The van der Waals surface area contributed by atoms with Gasteiger partial charge in [-0.25, -0.2) is 9.97 Å². The molecular formula is C20H30N6O2. The molecule has 0 unspecified atom stereocenters. The number of aromatic nitrogens is 4. The molecule has 1 spiro atoms. The molecular weight excluding hydrogens is 356 g/mol. The summed E-state index contributed by atoms with van der Waals surface area (Å²) in [5.74, 6) is 1.18. The number of nitrogens with zero attached hydrogens (tertiary/aromatic N) is 5. The number of methoxy groups -OCH3 is 1. The number of imidazole rings is 2. The summed E-state index contributed by atoms with van der Waals surface area (Å²) in [6.07, 6.45) is 9.41. The molecule has 2 aromatic rings. The third-order valence-corrected chi connectivity index (χ3v) is 6.14. The molecule has 0 bridgehead atoms. The van der Waals surface area contributed by atoms with Crippen LogP contribution < -0.4 is 0 Å². The predicted molar refractivity (Wildman–Crippen MR) is 105 cm³/mol. The molecule has 2 aromatic heterocycles. The summed E-state index contributed by atoms with van der Waals surface area (Å²) in [6, 6.07) is 0.